The first-order chi connectivity index (χ1) is 16.0. The lowest BCUT2D eigenvalue weighted by atomic mass is 10.1. The number of aromatic hydroxyl groups is 1. The van der Waals surface area contributed by atoms with Crippen molar-refractivity contribution in [3.05, 3.63) is 132 Å². The van der Waals surface area contributed by atoms with Crippen molar-refractivity contribution < 1.29 is 31.0 Å². The van der Waals surface area contributed by atoms with Crippen molar-refractivity contribution in [2.75, 3.05) is 13.7 Å². The van der Waals surface area contributed by atoms with E-state index < -0.39 is 0 Å². The zero-order valence-corrected chi connectivity index (χ0v) is 20.1. The van der Waals surface area contributed by atoms with E-state index in [0.717, 1.165) is 22.4 Å². The van der Waals surface area contributed by atoms with Crippen molar-refractivity contribution in [1.82, 2.24) is 0 Å². The minimum absolute atomic E-state index is 0. The number of allylic oxidation sites excluding steroid dienone is 9. The molecule has 0 fully saturated rings. The third kappa shape index (κ3) is 15.4. The van der Waals surface area contributed by atoms with Gasteiger partial charge in [0.2, 0.25) is 0 Å². The van der Waals surface area contributed by atoms with E-state index >= 15 is 0 Å². The number of aliphatic hydroxyl groups excluding tert-OH is 2. The summed E-state index contributed by atoms with van der Waals surface area (Å²) in [6, 6.07) is 14.8. The van der Waals surface area contributed by atoms with Crippen LogP contribution in [0.25, 0.3) is 12.2 Å². The smallest absolute Gasteiger partial charge is 0.119 e. The monoisotopic (exact) mass is 480 g/mol. The second kappa shape index (κ2) is 20.5. The maximum atomic E-state index is 9.21. The van der Waals surface area contributed by atoms with E-state index in [1.165, 1.54) is 6.08 Å². The predicted octanol–water partition coefficient (Wildman–Crippen LogP) is 5.14. The van der Waals surface area contributed by atoms with Gasteiger partial charge in [-0.15, -0.1) is 0 Å². The molecule has 0 amide bonds. The molecule has 0 saturated heterocycles. The number of methoxy groups -OCH3 is 1. The van der Waals surface area contributed by atoms with Gasteiger partial charge in [0.05, 0.1) is 13.7 Å². The van der Waals surface area contributed by atoms with Gasteiger partial charge in [-0.3, -0.25) is 0 Å². The van der Waals surface area contributed by atoms with Gasteiger partial charge in [0.1, 0.15) is 17.3 Å². The Morgan fingerprint density at radius 3 is 2.23 bits per heavy atom. The van der Waals surface area contributed by atoms with Crippen LogP contribution in [0.4, 0.5) is 0 Å². The van der Waals surface area contributed by atoms with E-state index in [-0.39, 0.29) is 29.1 Å². The summed E-state index contributed by atoms with van der Waals surface area (Å²) in [6.45, 7) is 5.44. The van der Waals surface area contributed by atoms with Crippen LogP contribution < -0.4 is 4.74 Å². The highest BCUT2D eigenvalue weighted by molar-refractivity contribution is 5.56. The van der Waals surface area contributed by atoms with Gasteiger partial charge in [-0.1, -0.05) is 85.5 Å². The average molecular weight is 481 g/mol. The maximum Gasteiger partial charge on any atom is 0.119 e. The first kappa shape index (κ1) is 33.1. The lowest BCUT2D eigenvalue weighted by Crippen LogP contribution is -1.82. The van der Waals surface area contributed by atoms with Crippen molar-refractivity contribution in [2.45, 2.75) is 6.92 Å². The van der Waals surface area contributed by atoms with Crippen molar-refractivity contribution in [2.24, 2.45) is 0 Å². The number of rotatable bonds is 9. The lowest BCUT2D eigenvalue weighted by Gasteiger charge is -2.00. The van der Waals surface area contributed by atoms with E-state index in [9.17, 15) is 5.11 Å². The van der Waals surface area contributed by atoms with Crippen LogP contribution in [0.1, 0.15) is 18.1 Å². The molecule has 0 radical (unpaired) electrons. The van der Waals surface area contributed by atoms with E-state index in [1.54, 1.807) is 49.6 Å². The third-order valence-electron chi connectivity index (χ3n) is 4.17. The summed E-state index contributed by atoms with van der Waals surface area (Å²) >= 11 is 0. The van der Waals surface area contributed by atoms with Crippen LogP contribution >= 0.6 is 0 Å². The lowest BCUT2D eigenvalue weighted by molar-refractivity contribution is 0.342. The molecular formula is C29H36O6. The summed E-state index contributed by atoms with van der Waals surface area (Å²) in [4.78, 5) is 0. The maximum absolute atomic E-state index is 9.21. The molecule has 6 heteroatoms. The topological polar surface area (TPSA) is 133 Å². The molecule has 188 valence electrons. The van der Waals surface area contributed by atoms with E-state index in [2.05, 4.69) is 6.58 Å². The molecule has 0 saturated carbocycles. The molecule has 0 atom stereocenters. The zero-order chi connectivity index (χ0) is 24.3. The Morgan fingerprint density at radius 1 is 0.943 bits per heavy atom. The molecule has 2 rings (SSSR count). The Bertz CT molecular complexity index is 1040. The van der Waals surface area contributed by atoms with E-state index in [0.29, 0.717) is 0 Å². The molecular weight excluding hydrogens is 444 g/mol. The van der Waals surface area contributed by atoms with E-state index in [1.807, 2.05) is 73.7 Å². The minimum atomic E-state index is 0. The summed E-state index contributed by atoms with van der Waals surface area (Å²) in [5.41, 5.74) is 3.06. The molecule has 6 nitrogen and oxygen atoms in total. The second-order valence-electron chi connectivity index (χ2n) is 6.62. The molecule has 0 aliphatic heterocycles. The summed E-state index contributed by atoms with van der Waals surface area (Å²) in [6.07, 6.45) is 19.7. The van der Waals surface area contributed by atoms with Gasteiger partial charge in [-0.2, -0.15) is 0 Å². The fourth-order valence-electron chi connectivity index (χ4n) is 2.46. The van der Waals surface area contributed by atoms with Crippen LogP contribution in [0.15, 0.2) is 121 Å². The molecule has 0 aromatic heterocycles. The highest BCUT2D eigenvalue weighted by Gasteiger charge is 1.91. The van der Waals surface area contributed by atoms with Crippen LogP contribution in [0, 0.1) is 0 Å². The number of phenols is 1. The molecule has 2 aromatic carbocycles. The van der Waals surface area contributed by atoms with Crippen molar-refractivity contribution in [3.63, 3.8) is 0 Å². The molecule has 0 aliphatic carbocycles. The van der Waals surface area contributed by atoms with Crippen LogP contribution in [0.3, 0.4) is 0 Å². The second-order valence-corrected chi connectivity index (χ2v) is 6.62. The normalized spacial score (nSPS) is 11.7. The number of hydrogen-bond donors (Lipinski definition) is 3. The molecule has 0 heterocycles. The quantitative estimate of drug-likeness (QED) is 0.338. The van der Waals surface area contributed by atoms with Crippen LogP contribution in [0.5, 0.6) is 11.5 Å². The van der Waals surface area contributed by atoms with Gasteiger partial charge in [0.25, 0.3) is 0 Å². The minimum Gasteiger partial charge on any atom is -0.508 e. The third-order valence-corrected chi connectivity index (χ3v) is 4.17. The predicted molar refractivity (Wildman–Crippen MR) is 146 cm³/mol. The molecule has 0 unspecified atom stereocenters. The number of aliphatic hydroxyl groups is 2. The van der Waals surface area contributed by atoms with Gasteiger partial charge in [0, 0.05) is 0 Å². The number of hydrogen-bond acceptors (Lipinski definition) is 4. The largest absolute Gasteiger partial charge is 0.508 e. The van der Waals surface area contributed by atoms with Crippen molar-refractivity contribution in [3.8, 4) is 11.5 Å². The fourth-order valence-corrected chi connectivity index (χ4v) is 2.46. The van der Waals surface area contributed by atoms with Gasteiger partial charge in [0.15, 0.2) is 0 Å². The van der Waals surface area contributed by atoms with Crippen LogP contribution in [-0.2, 0) is 0 Å². The van der Waals surface area contributed by atoms with Gasteiger partial charge in [-0.25, -0.2) is 0 Å². The fraction of sp³-hybridized carbons (Fsp3) is 0.103. The van der Waals surface area contributed by atoms with Crippen molar-refractivity contribution >= 4 is 12.2 Å². The number of ether oxygens (including phenoxy) is 1. The van der Waals surface area contributed by atoms with Crippen molar-refractivity contribution in [1.29, 1.82) is 0 Å². The Morgan fingerprint density at radius 2 is 1.63 bits per heavy atom. The summed E-state index contributed by atoms with van der Waals surface area (Å²) in [5.74, 6) is 1.22. The molecule has 7 N–H and O–H groups in total. The Labute approximate surface area is 207 Å². The first-order valence-electron chi connectivity index (χ1n) is 10.4. The first-order valence-corrected chi connectivity index (χ1v) is 10.4. The van der Waals surface area contributed by atoms with Crippen LogP contribution in [-0.4, -0.2) is 40.0 Å². The highest BCUT2D eigenvalue weighted by atomic mass is 16.5. The highest BCUT2D eigenvalue weighted by Crippen LogP contribution is 2.15. The average Bonchev–Trinajstić information content (AvgIpc) is 2.84. The Hall–Kier alpha value is -4.10. The molecule has 35 heavy (non-hydrogen) atoms. The van der Waals surface area contributed by atoms with Gasteiger partial charge < -0.3 is 31.0 Å². The summed E-state index contributed by atoms with van der Waals surface area (Å²) in [5, 5.41) is 27.0. The SMILES string of the molecule is C/C=C(\C=C/CO)/C=C/c1cccc(OC)c1.C=C\C(O)=C/C=C/C=C/c1cccc(O)c1.O.O. The Balaban J connectivity index is 0. The molecule has 0 spiro atoms. The number of phenolic OH excluding ortho intramolecular Hbond substituents is 1. The standard InChI is InChI=1S/C15H18O2.C14H14O2.2H2O/c1-3-13(7-5-11-16)9-10-14-6-4-8-15(12-14)17-2;1-2-13(15)9-5-3-4-7-12-8-6-10-14(16)11-12;;/h3-10,12,16H,11H2,1-2H3;2-11,15-16H,1H2;2*1H2/b7-5-,10-9+,13-3+;5-3+,7-4+,13-9+;;. The van der Waals surface area contributed by atoms with Crippen LogP contribution in [0.2, 0.25) is 0 Å². The zero-order valence-electron chi connectivity index (χ0n) is 20.1. The van der Waals surface area contributed by atoms with E-state index in [4.69, 9.17) is 14.9 Å². The van der Waals surface area contributed by atoms with Gasteiger partial charge in [-0.05, 0) is 60.0 Å². The molecule has 0 aliphatic rings. The molecule has 2 aromatic rings. The Kier molecular flexibility index (Phi) is 19.4. The summed E-state index contributed by atoms with van der Waals surface area (Å²) < 4.78 is 5.16. The molecule has 0 bridgehead atoms. The number of benzene rings is 2. The summed E-state index contributed by atoms with van der Waals surface area (Å²) in [7, 11) is 1.66. The van der Waals surface area contributed by atoms with Gasteiger partial charge >= 0.3 is 0 Å².